The molecule has 10 atom stereocenters. The number of H-pyrrole nitrogens is 1. The number of fused-ring (bicyclic) bond motifs is 6. The minimum absolute atomic E-state index is 0.156. The van der Waals surface area contributed by atoms with E-state index in [1.165, 1.54) is 6.42 Å². The first-order valence-corrected chi connectivity index (χ1v) is 16.2. The van der Waals surface area contributed by atoms with E-state index in [-0.39, 0.29) is 40.5 Å². The molecule has 41 heavy (non-hydrogen) atoms. The molecule has 4 fully saturated rings. The lowest BCUT2D eigenvalue weighted by Crippen LogP contribution is -2.58. The fraction of sp³-hybridized carbons (Fsp3) is 0.719. The lowest BCUT2D eigenvalue weighted by atomic mass is 9.43. The molecule has 0 radical (unpaired) electrons. The monoisotopic (exact) mass is 603 g/mol. The average molecular weight is 605 g/mol. The van der Waals surface area contributed by atoms with Crippen LogP contribution in [0.1, 0.15) is 85.0 Å². The molecule has 0 bridgehead atoms. The van der Waals surface area contributed by atoms with Crippen molar-refractivity contribution >= 4 is 45.7 Å². The van der Waals surface area contributed by atoms with Crippen molar-refractivity contribution in [3.8, 4) is 5.88 Å². The summed E-state index contributed by atoms with van der Waals surface area (Å²) >= 11 is 12.3. The van der Waals surface area contributed by atoms with E-state index in [0.29, 0.717) is 62.9 Å². The number of aliphatic hydroxyl groups is 2. The molecule has 1 amide bonds. The first-order valence-electron chi connectivity index (χ1n) is 15.4. The Morgan fingerprint density at radius 2 is 1.80 bits per heavy atom. The standard InChI is InChI=1S/C32H43Cl2N3O4/c1-16(4-7-26(40)36-37-29-20-14-18(33)15-24(34)28(20)35-30(29)41)21-5-6-22-27-23(9-11-32(21,22)3)31(2)10-8-19(38)12-17(31)13-25(27)39/h14-17,19,21-23,25,27,35,38-39,41H,4-13H2,1-3H3. The van der Waals surface area contributed by atoms with E-state index in [2.05, 4.69) is 36.0 Å². The Balaban J connectivity index is 1.11. The number of hydrogen-bond acceptors (Lipinski definition) is 5. The van der Waals surface area contributed by atoms with Crippen LogP contribution in [0.25, 0.3) is 10.9 Å². The number of aromatic hydroxyl groups is 1. The Labute approximate surface area is 252 Å². The van der Waals surface area contributed by atoms with E-state index in [1.54, 1.807) is 12.1 Å². The van der Waals surface area contributed by atoms with Gasteiger partial charge in [0.15, 0.2) is 5.69 Å². The maximum atomic E-state index is 12.8. The summed E-state index contributed by atoms with van der Waals surface area (Å²) in [6.45, 7) is 7.16. The van der Waals surface area contributed by atoms with Gasteiger partial charge in [0.1, 0.15) is 0 Å². The maximum Gasteiger partial charge on any atom is 0.264 e. The van der Waals surface area contributed by atoms with Crippen molar-refractivity contribution in [2.24, 2.45) is 56.6 Å². The third kappa shape index (κ3) is 4.93. The van der Waals surface area contributed by atoms with Crippen molar-refractivity contribution in [1.29, 1.82) is 0 Å². The van der Waals surface area contributed by atoms with Gasteiger partial charge >= 0.3 is 0 Å². The van der Waals surface area contributed by atoms with Crippen molar-refractivity contribution in [3.63, 3.8) is 0 Å². The number of nitrogens with zero attached hydrogens (tertiary/aromatic N) is 2. The van der Waals surface area contributed by atoms with Crippen LogP contribution in [0.15, 0.2) is 22.4 Å². The minimum atomic E-state index is -0.316. The molecule has 10 unspecified atom stereocenters. The van der Waals surface area contributed by atoms with Crippen LogP contribution in [-0.4, -0.2) is 38.4 Å². The summed E-state index contributed by atoms with van der Waals surface area (Å²) < 4.78 is 0. The zero-order valence-electron chi connectivity index (χ0n) is 24.2. The van der Waals surface area contributed by atoms with Gasteiger partial charge in [-0.1, -0.05) is 44.0 Å². The van der Waals surface area contributed by atoms with E-state index in [9.17, 15) is 20.1 Å². The molecular weight excluding hydrogens is 561 g/mol. The molecule has 1 aromatic heterocycles. The molecule has 1 heterocycles. The Kier molecular flexibility index (Phi) is 7.74. The van der Waals surface area contributed by atoms with Gasteiger partial charge in [-0.2, -0.15) is 0 Å². The Morgan fingerprint density at radius 1 is 1.07 bits per heavy atom. The molecule has 9 heteroatoms. The van der Waals surface area contributed by atoms with E-state index in [0.717, 1.165) is 51.4 Å². The van der Waals surface area contributed by atoms with Crippen LogP contribution in [0.2, 0.25) is 10.0 Å². The summed E-state index contributed by atoms with van der Waals surface area (Å²) in [5.74, 6) is 2.13. The van der Waals surface area contributed by atoms with Crippen LogP contribution >= 0.6 is 23.2 Å². The number of rotatable bonds is 5. The number of halogens is 2. The van der Waals surface area contributed by atoms with Gasteiger partial charge in [-0.15, -0.1) is 10.2 Å². The van der Waals surface area contributed by atoms with Crippen LogP contribution in [-0.2, 0) is 4.79 Å². The van der Waals surface area contributed by atoms with Crippen molar-refractivity contribution in [2.45, 2.75) is 97.2 Å². The van der Waals surface area contributed by atoms with E-state index >= 15 is 0 Å². The Hall–Kier alpha value is -1.67. The number of azo groups is 1. The van der Waals surface area contributed by atoms with E-state index in [4.69, 9.17) is 23.2 Å². The number of hydrogen-bond donors (Lipinski definition) is 4. The van der Waals surface area contributed by atoms with Crippen LogP contribution in [0.3, 0.4) is 0 Å². The van der Waals surface area contributed by atoms with Gasteiger partial charge in [0, 0.05) is 16.8 Å². The molecule has 4 saturated carbocycles. The fourth-order valence-electron chi connectivity index (χ4n) is 10.2. The van der Waals surface area contributed by atoms with Crippen LogP contribution in [0.4, 0.5) is 5.69 Å². The van der Waals surface area contributed by atoms with Crippen LogP contribution in [0, 0.1) is 46.3 Å². The molecule has 6 rings (SSSR count). The number of nitrogens with one attached hydrogen (secondary N) is 1. The second-order valence-electron chi connectivity index (χ2n) is 14.2. The SMILES string of the molecule is CC(CCC(=O)N=Nc1c(O)[nH]c2c(Cl)cc(Cl)cc12)C1CCC2C3C(O)CC4CC(O)CCC4(C)C3CCC12C. The minimum Gasteiger partial charge on any atom is -0.493 e. The number of carbonyl (C=O) groups is 1. The Morgan fingerprint density at radius 3 is 2.59 bits per heavy atom. The highest BCUT2D eigenvalue weighted by Crippen LogP contribution is 2.68. The van der Waals surface area contributed by atoms with Crippen molar-refractivity contribution in [3.05, 3.63) is 22.2 Å². The Bertz CT molecular complexity index is 1360. The van der Waals surface area contributed by atoms with Gasteiger partial charge in [0.25, 0.3) is 5.91 Å². The van der Waals surface area contributed by atoms with Gasteiger partial charge in [-0.3, -0.25) is 4.79 Å². The smallest absolute Gasteiger partial charge is 0.264 e. The molecule has 224 valence electrons. The topological polar surface area (TPSA) is 118 Å². The quantitative estimate of drug-likeness (QED) is 0.257. The summed E-state index contributed by atoms with van der Waals surface area (Å²) in [6, 6.07) is 3.20. The number of aromatic nitrogens is 1. The van der Waals surface area contributed by atoms with Crippen LogP contribution < -0.4 is 0 Å². The first kappa shape index (κ1) is 29.4. The zero-order chi connectivity index (χ0) is 29.3. The summed E-state index contributed by atoms with van der Waals surface area (Å²) in [7, 11) is 0. The molecule has 4 aliphatic rings. The fourth-order valence-corrected chi connectivity index (χ4v) is 10.7. The van der Waals surface area contributed by atoms with E-state index < -0.39 is 0 Å². The number of carbonyl (C=O) groups excluding carboxylic acids is 1. The number of benzene rings is 1. The zero-order valence-corrected chi connectivity index (χ0v) is 25.8. The highest BCUT2D eigenvalue weighted by Gasteiger charge is 2.62. The summed E-state index contributed by atoms with van der Waals surface area (Å²) in [5, 5.41) is 41.4. The molecule has 2 aromatic rings. The van der Waals surface area contributed by atoms with Gasteiger partial charge < -0.3 is 20.3 Å². The van der Waals surface area contributed by atoms with Gasteiger partial charge in [-0.25, -0.2) is 0 Å². The van der Waals surface area contributed by atoms with Crippen molar-refractivity contribution < 1.29 is 20.1 Å². The highest BCUT2D eigenvalue weighted by molar-refractivity contribution is 6.38. The van der Waals surface area contributed by atoms with Gasteiger partial charge in [0.2, 0.25) is 5.88 Å². The molecule has 0 spiro atoms. The number of aliphatic hydroxyl groups excluding tert-OH is 2. The van der Waals surface area contributed by atoms with Crippen LogP contribution in [0.5, 0.6) is 5.88 Å². The average Bonchev–Trinajstić information content (AvgIpc) is 3.43. The predicted molar refractivity (Wildman–Crippen MR) is 161 cm³/mol. The number of aromatic amines is 1. The van der Waals surface area contributed by atoms with Gasteiger partial charge in [0.05, 0.1) is 22.7 Å². The highest BCUT2D eigenvalue weighted by atomic mass is 35.5. The summed E-state index contributed by atoms with van der Waals surface area (Å²) in [4.78, 5) is 15.5. The van der Waals surface area contributed by atoms with E-state index in [1.807, 2.05) is 0 Å². The van der Waals surface area contributed by atoms with Crippen molar-refractivity contribution in [1.82, 2.24) is 4.98 Å². The summed E-state index contributed by atoms with van der Waals surface area (Å²) in [5.41, 5.74) is 1.04. The van der Waals surface area contributed by atoms with Gasteiger partial charge in [-0.05, 0) is 116 Å². The third-order valence-corrected chi connectivity index (χ3v) is 12.8. The molecule has 0 aliphatic heterocycles. The van der Waals surface area contributed by atoms with Crippen molar-refractivity contribution in [2.75, 3.05) is 0 Å². The molecule has 1 aromatic carbocycles. The summed E-state index contributed by atoms with van der Waals surface area (Å²) in [6.07, 6.45) is 8.76. The normalized spacial score (nSPS) is 39.4. The lowest BCUT2D eigenvalue weighted by molar-refractivity contribution is -0.174. The second-order valence-corrected chi connectivity index (χ2v) is 15.0. The third-order valence-electron chi connectivity index (χ3n) is 12.3. The molecular formula is C32H43Cl2N3O4. The second kappa shape index (κ2) is 10.8. The lowest BCUT2D eigenvalue weighted by Gasteiger charge is -2.62. The molecule has 0 saturated heterocycles. The predicted octanol–water partition coefficient (Wildman–Crippen LogP) is 8.20. The molecule has 4 aliphatic carbocycles. The largest absolute Gasteiger partial charge is 0.493 e. The first-order chi connectivity index (χ1) is 19.4. The maximum absolute atomic E-state index is 12.8. The number of amides is 1. The molecule has 4 N–H and O–H groups in total. The molecule has 7 nitrogen and oxygen atoms in total.